The van der Waals surface area contributed by atoms with E-state index in [9.17, 15) is 13.6 Å². The Hall–Kier alpha value is -2.37. The number of carboxylic acid groups (broad SMARTS) is 1. The number of rotatable bonds is 4. The molecule has 0 radical (unpaired) electrons. The molecule has 0 aliphatic heterocycles. The minimum atomic E-state index is -2.91. The van der Waals surface area contributed by atoms with E-state index in [-0.39, 0.29) is 22.8 Å². The van der Waals surface area contributed by atoms with Gasteiger partial charge in [0.15, 0.2) is 0 Å². The molecule has 0 aliphatic rings. The molecule has 4 nitrogen and oxygen atoms in total. The molecule has 0 saturated carbocycles. The van der Waals surface area contributed by atoms with Crippen LogP contribution in [0.2, 0.25) is 0 Å². The smallest absolute Gasteiger partial charge is 0.387 e. The molecule has 0 amide bonds. The number of aromatic carboxylic acids is 1. The van der Waals surface area contributed by atoms with Crippen molar-refractivity contribution in [2.75, 3.05) is 0 Å². The van der Waals surface area contributed by atoms with Gasteiger partial charge < -0.3 is 14.3 Å². The third-order valence-corrected chi connectivity index (χ3v) is 2.49. The second-order valence-electron chi connectivity index (χ2n) is 3.79. The molecular formula is C13H10F2O4. The van der Waals surface area contributed by atoms with Crippen molar-refractivity contribution in [1.82, 2.24) is 0 Å². The highest BCUT2D eigenvalue weighted by atomic mass is 19.3. The van der Waals surface area contributed by atoms with Crippen molar-refractivity contribution >= 4 is 5.97 Å². The lowest BCUT2D eigenvalue weighted by molar-refractivity contribution is -0.0498. The summed E-state index contributed by atoms with van der Waals surface area (Å²) in [5, 5.41) is 8.92. The molecule has 0 spiro atoms. The molecule has 0 fully saturated rings. The quantitative estimate of drug-likeness (QED) is 0.921. The van der Waals surface area contributed by atoms with Crippen LogP contribution < -0.4 is 4.74 Å². The van der Waals surface area contributed by atoms with Gasteiger partial charge in [0.25, 0.3) is 0 Å². The fourth-order valence-corrected chi connectivity index (χ4v) is 1.66. The Balaban J connectivity index is 2.36. The number of benzene rings is 1. The van der Waals surface area contributed by atoms with Crippen LogP contribution in [0, 0.1) is 6.92 Å². The molecule has 2 rings (SSSR count). The van der Waals surface area contributed by atoms with E-state index in [4.69, 9.17) is 9.52 Å². The number of aryl methyl sites for hydroxylation is 1. The minimum Gasteiger partial charge on any atom is -0.478 e. The first-order chi connectivity index (χ1) is 8.97. The Morgan fingerprint density at radius 1 is 1.37 bits per heavy atom. The fraction of sp³-hybridized carbons (Fsp3) is 0.154. The number of carboxylic acids is 1. The summed E-state index contributed by atoms with van der Waals surface area (Å²) < 4.78 is 33.8. The predicted molar refractivity (Wildman–Crippen MR) is 62.5 cm³/mol. The first kappa shape index (κ1) is 13.1. The largest absolute Gasteiger partial charge is 0.478 e. The molecule has 0 atom stereocenters. The number of alkyl halides is 2. The van der Waals surface area contributed by atoms with E-state index in [1.54, 1.807) is 6.07 Å². The lowest BCUT2D eigenvalue weighted by Gasteiger charge is -2.05. The van der Waals surface area contributed by atoms with Gasteiger partial charge in [-0.2, -0.15) is 8.78 Å². The Kier molecular flexibility index (Phi) is 3.50. The highest BCUT2D eigenvalue weighted by Crippen LogP contribution is 2.28. The maximum absolute atomic E-state index is 12.1. The second kappa shape index (κ2) is 5.09. The highest BCUT2D eigenvalue weighted by molar-refractivity contribution is 5.90. The zero-order chi connectivity index (χ0) is 14.0. The van der Waals surface area contributed by atoms with E-state index in [0.29, 0.717) is 5.56 Å². The van der Waals surface area contributed by atoms with Crippen molar-refractivity contribution in [3.63, 3.8) is 0 Å². The zero-order valence-electron chi connectivity index (χ0n) is 9.89. The molecule has 19 heavy (non-hydrogen) atoms. The molecular weight excluding hydrogens is 258 g/mol. The molecule has 6 heteroatoms. The van der Waals surface area contributed by atoms with Gasteiger partial charge in [0, 0.05) is 5.56 Å². The molecule has 1 aromatic carbocycles. The van der Waals surface area contributed by atoms with Gasteiger partial charge in [-0.3, -0.25) is 0 Å². The van der Waals surface area contributed by atoms with Gasteiger partial charge in [-0.25, -0.2) is 4.79 Å². The van der Waals surface area contributed by atoms with Crippen LogP contribution in [0.5, 0.6) is 5.75 Å². The van der Waals surface area contributed by atoms with Crippen molar-refractivity contribution in [3.8, 4) is 17.1 Å². The molecule has 0 unspecified atom stereocenters. The topological polar surface area (TPSA) is 59.7 Å². The Bertz CT molecular complexity index is 604. The van der Waals surface area contributed by atoms with Gasteiger partial charge in [-0.1, -0.05) is 12.1 Å². The zero-order valence-corrected chi connectivity index (χ0v) is 9.89. The van der Waals surface area contributed by atoms with Gasteiger partial charge in [0.1, 0.15) is 22.8 Å². The highest BCUT2D eigenvalue weighted by Gasteiger charge is 2.15. The monoisotopic (exact) mass is 268 g/mol. The molecule has 0 aliphatic carbocycles. The number of hydrogen-bond acceptors (Lipinski definition) is 3. The summed E-state index contributed by atoms with van der Waals surface area (Å²) in [7, 11) is 0. The predicted octanol–water partition coefficient (Wildman–Crippen LogP) is 3.55. The summed E-state index contributed by atoms with van der Waals surface area (Å²) >= 11 is 0. The molecule has 2 aromatic rings. The van der Waals surface area contributed by atoms with Crippen molar-refractivity contribution in [1.29, 1.82) is 0 Å². The van der Waals surface area contributed by atoms with Gasteiger partial charge >= 0.3 is 12.6 Å². The number of ether oxygens (including phenoxy) is 1. The summed E-state index contributed by atoms with van der Waals surface area (Å²) in [4.78, 5) is 10.9. The number of furan rings is 1. The third-order valence-electron chi connectivity index (χ3n) is 2.49. The van der Waals surface area contributed by atoms with Gasteiger partial charge in [-0.15, -0.1) is 0 Å². The van der Waals surface area contributed by atoms with Gasteiger partial charge in [0.05, 0.1) is 0 Å². The summed E-state index contributed by atoms with van der Waals surface area (Å²) in [5.41, 5.74) is 0.504. The molecule has 0 saturated heterocycles. The van der Waals surface area contributed by atoms with Crippen LogP contribution in [0.4, 0.5) is 8.78 Å². The van der Waals surface area contributed by atoms with Crippen LogP contribution in [-0.2, 0) is 0 Å². The summed E-state index contributed by atoms with van der Waals surface area (Å²) in [6.45, 7) is -1.39. The van der Waals surface area contributed by atoms with E-state index < -0.39 is 12.6 Å². The Morgan fingerprint density at radius 3 is 2.68 bits per heavy atom. The van der Waals surface area contributed by atoms with Crippen LogP contribution in [0.15, 0.2) is 34.7 Å². The first-order valence-corrected chi connectivity index (χ1v) is 5.36. The van der Waals surface area contributed by atoms with Crippen molar-refractivity contribution in [2.24, 2.45) is 0 Å². The van der Waals surface area contributed by atoms with Crippen molar-refractivity contribution in [3.05, 3.63) is 41.7 Å². The normalized spacial score (nSPS) is 10.7. The second-order valence-corrected chi connectivity index (χ2v) is 3.79. The Labute approximate surface area is 107 Å². The average Bonchev–Trinajstić information content (AvgIpc) is 2.71. The van der Waals surface area contributed by atoms with E-state index in [0.717, 1.165) is 0 Å². The average molecular weight is 268 g/mol. The number of carbonyl (C=O) groups is 1. The number of hydrogen-bond donors (Lipinski definition) is 1. The minimum absolute atomic E-state index is 0.0153. The lowest BCUT2D eigenvalue weighted by Crippen LogP contribution is -2.01. The van der Waals surface area contributed by atoms with Crippen molar-refractivity contribution < 1.29 is 27.8 Å². The first-order valence-electron chi connectivity index (χ1n) is 5.36. The van der Waals surface area contributed by atoms with Crippen LogP contribution in [0.1, 0.15) is 16.1 Å². The molecule has 100 valence electrons. The summed E-state index contributed by atoms with van der Waals surface area (Å²) in [6.07, 6.45) is 0. The van der Waals surface area contributed by atoms with E-state index in [1.165, 1.54) is 31.2 Å². The van der Waals surface area contributed by atoms with Crippen LogP contribution in [0.3, 0.4) is 0 Å². The maximum atomic E-state index is 12.1. The third kappa shape index (κ3) is 2.90. The van der Waals surface area contributed by atoms with E-state index in [2.05, 4.69) is 4.74 Å². The van der Waals surface area contributed by atoms with Crippen LogP contribution >= 0.6 is 0 Å². The molecule has 1 heterocycles. The molecule has 1 aromatic heterocycles. The van der Waals surface area contributed by atoms with Crippen molar-refractivity contribution in [2.45, 2.75) is 13.5 Å². The SMILES string of the molecule is Cc1oc(-c2cccc(OC(F)F)c2)cc1C(=O)O. The Morgan fingerprint density at radius 2 is 2.11 bits per heavy atom. The standard InChI is InChI=1S/C13H10F2O4/c1-7-10(12(16)17)6-11(18-7)8-3-2-4-9(5-8)19-13(14)15/h2-6,13H,1H3,(H,16,17). The van der Waals surface area contributed by atoms with Crippen LogP contribution in [0.25, 0.3) is 11.3 Å². The molecule has 1 N–H and O–H groups in total. The summed E-state index contributed by atoms with van der Waals surface area (Å²) in [6, 6.07) is 7.21. The van der Waals surface area contributed by atoms with E-state index >= 15 is 0 Å². The number of halogens is 2. The lowest BCUT2D eigenvalue weighted by atomic mass is 10.1. The molecule has 0 bridgehead atoms. The van der Waals surface area contributed by atoms with E-state index in [1.807, 2.05) is 0 Å². The fourth-order valence-electron chi connectivity index (χ4n) is 1.66. The maximum Gasteiger partial charge on any atom is 0.387 e. The summed E-state index contributed by atoms with van der Waals surface area (Å²) in [5.74, 6) is -0.580. The van der Waals surface area contributed by atoms with Crippen LogP contribution in [-0.4, -0.2) is 17.7 Å². The van der Waals surface area contributed by atoms with Gasteiger partial charge in [-0.05, 0) is 25.1 Å². The van der Waals surface area contributed by atoms with Gasteiger partial charge in [0.2, 0.25) is 0 Å².